The third-order valence-electron chi connectivity index (χ3n) is 4.54. The summed E-state index contributed by atoms with van der Waals surface area (Å²) in [4.78, 5) is 37.2. The average Bonchev–Trinajstić information content (AvgIpc) is 3.08. The monoisotopic (exact) mass is 430 g/mol. The summed E-state index contributed by atoms with van der Waals surface area (Å²) in [6, 6.07) is 10.5. The van der Waals surface area contributed by atoms with E-state index in [9.17, 15) is 14.4 Å². The Hall–Kier alpha value is -2.90. The van der Waals surface area contributed by atoms with Crippen molar-refractivity contribution >= 4 is 34.5 Å². The standard InChI is InChI=1S/C22H23ClN2O5/c1-2-3-12-29-13-4-11-24-21(27)25-18-10-7-16(14-19(18)30-22(25)28)20(26)15-5-8-17(23)9-6-15/h5-10,14H,2-4,11-13H2,1H3,(H,24,27). The number of amides is 1. The second-order valence-electron chi connectivity index (χ2n) is 6.77. The molecule has 0 aliphatic rings. The molecular formula is C22H23ClN2O5. The number of oxazole rings is 1. The average molecular weight is 431 g/mol. The molecule has 0 saturated heterocycles. The smallest absolute Gasteiger partial charge is 0.407 e. The third-order valence-corrected chi connectivity index (χ3v) is 4.79. The lowest BCUT2D eigenvalue weighted by molar-refractivity contribution is 0.103. The molecule has 1 aromatic heterocycles. The van der Waals surface area contributed by atoms with Crippen LogP contribution < -0.4 is 11.1 Å². The summed E-state index contributed by atoms with van der Waals surface area (Å²) < 4.78 is 11.5. The molecule has 0 aliphatic carbocycles. The van der Waals surface area contributed by atoms with E-state index in [1.807, 2.05) is 0 Å². The highest BCUT2D eigenvalue weighted by Gasteiger charge is 2.18. The van der Waals surface area contributed by atoms with Gasteiger partial charge in [-0.1, -0.05) is 24.9 Å². The van der Waals surface area contributed by atoms with Crippen molar-refractivity contribution in [2.45, 2.75) is 26.2 Å². The van der Waals surface area contributed by atoms with Crippen molar-refractivity contribution in [3.8, 4) is 0 Å². The molecule has 0 fully saturated rings. The first-order valence-electron chi connectivity index (χ1n) is 9.83. The minimum absolute atomic E-state index is 0.165. The zero-order valence-corrected chi connectivity index (χ0v) is 17.4. The molecule has 0 atom stereocenters. The van der Waals surface area contributed by atoms with Crippen molar-refractivity contribution in [3.05, 3.63) is 69.2 Å². The number of rotatable bonds is 9. The number of benzene rings is 2. The fourth-order valence-electron chi connectivity index (χ4n) is 2.92. The molecular weight excluding hydrogens is 408 g/mol. The van der Waals surface area contributed by atoms with Gasteiger partial charge >= 0.3 is 11.8 Å². The molecule has 0 aliphatic heterocycles. The van der Waals surface area contributed by atoms with Crippen LogP contribution in [0.4, 0.5) is 4.79 Å². The predicted octanol–water partition coefficient (Wildman–Crippen LogP) is 4.24. The van der Waals surface area contributed by atoms with Crippen molar-refractivity contribution in [3.63, 3.8) is 0 Å². The lowest BCUT2D eigenvalue weighted by Gasteiger charge is -2.06. The molecule has 158 valence electrons. The molecule has 0 radical (unpaired) electrons. The Kier molecular flexibility index (Phi) is 7.43. The number of carbonyl (C=O) groups is 2. The predicted molar refractivity (Wildman–Crippen MR) is 114 cm³/mol. The number of nitrogens with zero attached hydrogens (tertiary/aromatic N) is 1. The number of fused-ring (bicyclic) bond motifs is 1. The fourth-order valence-corrected chi connectivity index (χ4v) is 3.04. The Bertz CT molecular complexity index is 1090. The van der Waals surface area contributed by atoms with Gasteiger partial charge in [0.25, 0.3) is 0 Å². The van der Waals surface area contributed by atoms with Crippen molar-refractivity contribution in [1.82, 2.24) is 9.88 Å². The number of ketones is 1. The van der Waals surface area contributed by atoms with E-state index in [2.05, 4.69) is 12.2 Å². The van der Waals surface area contributed by atoms with Gasteiger partial charge in [-0.3, -0.25) is 4.79 Å². The van der Waals surface area contributed by atoms with Crippen molar-refractivity contribution in [1.29, 1.82) is 0 Å². The largest absolute Gasteiger partial charge is 0.428 e. The number of nitrogens with one attached hydrogen (secondary N) is 1. The number of halogens is 1. The molecule has 7 nitrogen and oxygen atoms in total. The number of hydrogen-bond acceptors (Lipinski definition) is 5. The van der Waals surface area contributed by atoms with E-state index < -0.39 is 11.8 Å². The van der Waals surface area contributed by atoms with Gasteiger partial charge in [0.1, 0.15) is 0 Å². The summed E-state index contributed by atoms with van der Waals surface area (Å²) >= 11 is 5.86. The minimum atomic E-state index is -0.808. The summed E-state index contributed by atoms with van der Waals surface area (Å²) in [5, 5.41) is 3.21. The van der Waals surface area contributed by atoms with Gasteiger partial charge in [-0.15, -0.1) is 0 Å². The number of hydrogen-bond donors (Lipinski definition) is 1. The Morgan fingerprint density at radius 2 is 1.77 bits per heavy atom. The van der Waals surface area contributed by atoms with Gasteiger partial charge in [0.05, 0.1) is 5.52 Å². The Labute approximate surface area is 178 Å². The number of carbonyl (C=O) groups excluding carboxylic acids is 2. The first-order valence-corrected chi connectivity index (χ1v) is 10.2. The molecule has 30 heavy (non-hydrogen) atoms. The van der Waals surface area contributed by atoms with Crippen LogP contribution in [0.15, 0.2) is 51.7 Å². The number of unbranched alkanes of at least 4 members (excludes halogenated alkanes) is 1. The van der Waals surface area contributed by atoms with Gasteiger partial charge in [0.15, 0.2) is 11.4 Å². The zero-order valence-electron chi connectivity index (χ0n) is 16.7. The molecule has 1 N–H and O–H groups in total. The van der Waals surface area contributed by atoms with Crippen LogP contribution in [-0.4, -0.2) is 36.1 Å². The summed E-state index contributed by atoms with van der Waals surface area (Å²) in [6.45, 7) is 3.70. The molecule has 0 unspecified atom stereocenters. The molecule has 1 amide bonds. The quantitative estimate of drug-likeness (QED) is 0.405. The first kappa shape index (κ1) is 21.8. The SMILES string of the molecule is CCCCOCCCNC(=O)n1c(=O)oc2cc(C(=O)c3ccc(Cl)cc3)ccc21. The van der Waals surface area contributed by atoms with E-state index in [4.69, 9.17) is 20.8 Å². The van der Waals surface area contributed by atoms with Crippen LogP contribution in [0.3, 0.4) is 0 Å². The van der Waals surface area contributed by atoms with Crippen LogP contribution in [0.5, 0.6) is 0 Å². The van der Waals surface area contributed by atoms with Crippen LogP contribution in [0.2, 0.25) is 5.02 Å². The van der Waals surface area contributed by atoms with Crippen LogP contribution in [0, 0.1) is 0 Å². The summed E-state index contributed by atoms with van der Waals surface area (Å²) in [6.07, 6.45) is 2.71. The van der Waals surface area contributed by atoms with Gasteiger partial charge in [-0.2, -0.15) is 4.57 Å². The first-order chi connectivity index (χ1) is 14.5. The molecule has 2 aromatic carbocycles. The van der Waals surface area contributed by atoms with Gasteiger partial charge in [0, 0.05) is 35.9 Å². The van der Waals surface area contributed by atoms with E-state index in [0.29, 0.717) is 47.8 Å². The minimum Gasteiger partial charge on any atom is -0.407 e. The van der Waals surface area contributed by atoms with E-state index in [1.165, 1.54) is 12.1 Å². The van der Waals surface area contributed by atoms with E-state index in [1.54, 1.807) is 30.3 Å². The number of aromatic nitrogens is 1. The Morgan fingerprint density at radius 1 is 1.07 bits per heavy atom. The molecule has 0 bridgehead atoms. The molecule has 3 aromatic rings. The van der Waals surface area contributed by atoms with Gasteiger partial charge in [-0.25, -0.2) is 9.59 Å². The number of ether oxygens (including phenoxy) is 1. The highest BCUT2D eigenvalue weighted by atomic mass is 35.5. The van der Waals surface area contributed by atoms with Crippen LogP contribution >= 0.6 is 11.6 Å². The normalized spacial score (nSPS) is 11.0. The van der Waals surface area contributed by atoms with Crippen LogP contribution in [-0.2, 0) is 4.74 Å². The van der Waals surface area contributed by atoms with Crippen LogP contribution in [0.1, 0.15) is 42.1 Å². The molecule has 8 heteroatoms. The van der Waals surface area contributed by atoms with Gasteiger partial charge < -0.3 is 14.5 Å². The Balaban J connectivity index is 1.69. The fraction of sp³-hybridized carbons (Fsp3) is 0.318. The lowest BCUT2D eigenvalue weighted by Crippen LogP contribution is -2.35. The van der Waals surface area contributed by atoms with E-state index in [0.717, 1.165) is 17.4 Å². The van der Waals surface area contributed by atoms with Gasteiger partial charge in [-0.05, 0) is 55.3 Å². The summed E-state index contributed by atoms with van der Waals surface area (Å²) in [5.74, 6) is -1.05. The van der Waals surface area contributed by atoms with Crippen molar-refractivity contribution in [2.24, 2.45) is 0 Å². The van der Waals surface area contributed by atoms with E-state index in [-0.39, 0.29) is 11.4 Å². The summed E-state index contributed by atoms with van der Waals surface area (Å²) in [5.41, 5.74) is 1.26. The lowest BCUT2D eigenvalue weighted by atomic mass is 10.0. The van der Waals surface area contributed by atoms with E-state index >= 15 is 0 Å². The second kappa shape index (κ2) is 10.2. The maximum absolute atomic E-state index is 12.6. The van der Waals surface area contributed by atoms with Crippen molar-refractivity contribution < 1.29 is 18.7 Å². The maximum atomic E-state index is 12.6. The van der Waals surface area contributed by atoms with Crippen LogP contribution in [0.25, 0.3) is 11.1 Å². The molecule has 0 spiro atoms. The maximum Gasteiger partial charge on any atom is 0.428 e. The third kappa shape index (κ3) is 5.17. The second-order valence-corrected chi connectivity index (χ2v) is 7.21. The molecule has 3 rings (SSSR count). The molecule has 0 saturated carbocycles. The topological polar surface area (TPSA) is 90.5 Å². The summed E-state index contributed by atoms with van der Waals surface area (Å²) in [7, 11) is 0. The van der Waals surface area contributed by atoms with Gasteiger partial charge in [0.2, 0.25) is 0 Å². The highest BCUT2D eigenvalue weighted by molar-refractivity contribution is 6.30. The molecule has 1 heterocycles. The Morgan fingerprint density at radius 3 is 2.50 bits per heavy atom. The van der Waals surface area contributed by atoms with Crippen molar-refractivity contribution in [2.75, 3.05) is 19.8 Å². The zero-order chi connectivity index (χ0) is 21.5. The highest BCUT2D eigenvalue weighted by Crippen LogP contribution is 2.19.